The number of carbonyl (C=O) groups is 2. The average Bonchev–Trinajstić information content (AvgIpc) is 3.24. The monoisotopic (exact) mass is 421 g/mol. The second-order valence-electron chi connectivity index (χ2n) is 7.53. The Hall–Kier alpha value is -2.32. The number of piperidine rings is 2. The Morgan fingerprint density at radius 2 is 1.83 bits per heavy atom. The van der Waals surface area contributed by atoms with Gasteiger partial charge < -0.3 is 10.2 Å². The fourth-order valence-electron chi connectivity index (χ4n) is 4.01. The summed E-state index contributed by atoms with van der Waals surface area (Å²) >= 11 is 0. The predicted molar refractivity (Wildman–Crippen MR) is 108 cm³/mol. The fraction of sp³-hybridized carbons (Fsp3) is 0.500. The van der Waals surface area contributed by atoms with Crippen molar-refractivity contribution in [2.45, 2.75) is 31.7 Å². The van der Waals surface area contributed by atoms with Crippen LogP contribution in [0.2, 0.25) is 0 Å². The molecular weight excluding hydrogens is 397 g/mol. The van der Waals surface area contributed by atoms with Crippen LogP contribution in [-0.2, 0) is 0 Å². The van der Waals surface area contributed by atoms with Gasteiger partial charge in [-0.2, -0.15) is 0 Å². The van der Waals surface area contributed by atoms with Crippen LogP contribution in [0, 0.1) is 11.7 Å². The van der Waals surface area contributed by atoms with Crippen LogP contribution in [0.1, 0.15) is 52.6 Å². The summed E-state index contributed by atoms with van der Waals surface area (Å²) in [6.45, 7) is 2.84. The molecule has 4 rings (SSSR count). The minimum Gasteiger partial charge on any atom is -0.336 e. The average molecular weight is 422 g/mol. The van der Waals surface area contributed by atoms with E-state index in [4.69, 9.17) is 0 Å². The van der Waals surface area contributed by atoms with Gasteiger partial charge in [0.2, 0.25) is 0 Å². The molecule has 0 spiro atoms. The molecular formula is C20H25ClFN5O2. The van der Waals surface area contributed by atoms with Gasteiger partial charge in [-0.1, -0.05) is 5.21 Å². The second-order valence-corrected chi connectivity index (χ2v) is 7.53. The molecule has 9 heteroatoms. The summed E-state index contributed by atoms with van der Waals surface area (Å²) in [6.07, 6.45) is 5.14. The first-order valence-electron chi connectivity index (χ1n) is 9.83. The van der Waals surface area contributed by atoms with Gasteiger partial charge >= 0.3 is 0 Å². The number of nitrogens with one attached hydrogen (secondary N) is 1. The van der Waals surface area contributed by atoms with E-state index in [2.05, 4.69) is 15.6 Å². The molecule has 2 aromatic rings. The van der Waals surface area contributed by atoms with Crippen LogP contribution in [0.15, 0.2) is 30.5 Å². The van der Waals surface area contributed by atoms with Crippen LogP contribution in [0.4, 0.5) is 4.39 Å². The molecule has 0 saturated carbocycles. The number of likely N-dealkylation sites (tertiary alicyclic amines) is 1. The summed E-state index contributed by atoms with van der Waals surface area (Å²) < 4.78 is 14.9. The molecule has 0 aliphatic carbocycles. The van der Waals surface area contributed by atoms with E-state index < -0.39 is 0 Å². The number of nitrogens with zero attached hydrogens (tertiary/aromatic N) is 4. The SMILES string of the molecule is Cl.O=C(c1ccc(F)cc1)C1CCCN(C(=O)c2cn(C3CCNCC3)nn2)C1. The zero-order valence-electron chi connectivity index (χ0n) is 16.1. The zero-order valence-corrected chi connectivity index (χ0v) is 16.9. The maximum absolute atomic E-state index is 13.1. The van der Waals surface area contributed by atoms with Gasteiger partial charge in [0.25, 0.3) is 5.91 Å². The van der Waals surface area contributed by atoms with Crippen molar-refractivity contribution >= 4 is 24.1 Å². The fourth-order valence-corrected chi connectivity index (χ4v) is 4.01. The summed E-state index contributed by atoms with van der Waals surface area (Å²) in [5.41, 5.74) is 0.811. The van der Waals surface area contributed by atoms with E-state index in [1.54, 1.807) is 15.8 Å². The number of hydrogen-bond acceptors (Lipinski definition) is 5. The molecule has 0 radical (unpaired) electrons. The summed E-state index contributed by atoms with van der Waals surface area (Å²) in [6, 6.07) is 5.85. The van der Waals surface area contributed by atoms with Gasteiger partial charge in [0, 0.05) is 24.6 Å². The molecule has 2 fully saturated rings. The summed E-state index contributed by atoms with van der Waals surface area (Å²) in [5.74, 6) is -0.871. The Kier molecular flexibility index (Phi) is 6.97. The third kappa shape index (κ3) is 4.82. The first-order valence-corrected chi connectivity index (χ1v) is 9.83. The smallest absolute Gasteiger partial charge is 0.276 e. The van der Waals surface area contributed by atoms with Crippen molar-refractivity contribution < 1.29 is 14.0 Å². The quantitative estimate of drug-likeness (QED) is 0.767. The summed E-state index contributed by atoms with van der Waals surface area (Å²) in [5, 5.41) is 11.5. The number of halogens is 2. The Balaban J connectivity index is 0.00000240. The van der Waals surface area contributed by atoms with E-state index in [-0.39, 0.29) is 41.9 Å². The second kappa shape index (κ2) is 9.45. The first-order chi connectivity index (χ1) is 13.6. The van der Waals surface area contributed by atoms with E-state index in [1.165, 1.54) is 24.3 Å². The minimum atomic E-state index is -0.367. The normalized spacial score (nSPS) is 20.2. The first kappa shape index (κ1) is 21.4. The molecule has 1 atom stereocenters. The highest BCUT2D eigenvalue weighted by Crippen LogP contribution is 2.23. The highest BCUT2D eigenvalue weighted by molar-refractivity contribution is 5.99. The Bertz CT molecular complexity index is 851. The van der Waals surface area contributed by atoms with Crippen molar-refractivity contribution in [3.63, 3.8) is 0 Å². The highest BCUT2D eigenvalue weighted by atomic mass is 35.5. The lowest BCUT2D eigenvalue weighted by Gasteiger charge is -2.31. The van der Waals surface area contributed by atoms with Crippen molar-refractivity contribution in [2.24, 2.45) is 5.92 Å². The lowest BCUT2D eigenvalue weighted by atomic mass is 9.90. The van der Waals surface area contributed by atoms with Crippen molar-refractivity contribution in [1.82, 2.24) is 25.2 Å². The number of ketones is 1. The van der Waals surface area contributed by atoms with Crippen molar-refractivity contribution in [3.05, 3.63) is 47.5 Å². The van der Waals surface area contributed by atoms with Gasteiger partial charge in [0.05, 0.1) is 12.2 Å². The lowest BCUT2D eigenvalue weighted by molar-refractivity contribution is 0.0632. The molecule has 1 aromatic carbocycles. The van der Waals surface area contributed by atoms with Crippen molar-refractivity contribution in [2.75, 3.05) is 26.2 Å². The maximum atomic E-state index is 13.1. The van der Waals surface area contributed by atoms with Crippen LogP contribution >= 0.6 is 12.4 Å². The number of hydrogen-bond donors (Lipinski definition) is 1. The molecule has 2 aliphatic rings. The number of amides is 1. The molecule has 29 heavy (non-hydrogen) atoms. The Morgan fingerprint density at radius 1 is 1.10 bits per heavy atom. The third-order valence-corrected chi connectivity index (χ3v) is 5.62. The predicted octanol–water partition coefficient (Wildman–Crippen LogP) is 2.50. The third-order valence-electron chi connectivity index (χ3n) is 5.62. The molecule has 3 heterocycles. The van der Waals surface area contributed by atoms with E-state index in [0.29, 0.717) is 24.3 Å². The van der Waals surface area contributed by atoms with E-state index in [0.717, 1.165) is 38.8 Å². The van der Waals surface area contributed by atoms with E-state index in [1.807, 2.05) is 0 Å². The van der Waals surface area contributed by atoms with Crippen LogP contribution < -0.4 is 5.32 Å². The molecule has 7 nitrogen and oxygen atoms in total. The van der Waals surface area contributed by atoms with Gasteiger partial charge in [-0.15, -0.1) is 17.5 Å². The Labute approximate surface area is 175 Å². The highest BCUT2D eigenvalue weighted by Gasteiger charge is 2.31. The van der Waals surface area contributed by atoms with E-state index in [9.17, 15) is 14.0 Å². The standard InChI is InChI=1S/C20H24FN5O2.ClH/c21-16-5-3-14(4-6-16)19(27)15-2-1-11-25(12-15)20(28)18-13-26(24-23-18)17-7-9-22-10-8-17;/h3-6,13,15,17,22H,1-2,7-12H2;1H. The molecule has 0 bridgehead atoms. The largest absolute Gasteiger partial charge is 0.336 e. The number of Topliss-reactive ketones (excluding diaryl/α,β-unsaturated/α-hetero) is 1. The molecule has 1 aromatic heterocycles. The molecule has 2 aliphatic heterocycles. The zero-order chi connectivity index (χ0) is 19.5. The topological polar surface area (TPSA) is 80.1 Å². The summed E-state index contributed by atoms with van der Waals surface area (Å²) in [4.78, 5) is 27.3. The number of benzene rings is 1. The van der Waals surface area contributed by atoms with Gasteiger partial charge in [0.1, 0.15) is 5.82 Å². The van der Waals surface area contributed by atoms with Gasteiger partial charge in [-0.3, -0.25) is 9.59 Å². The van der Waals surface area contributed by atoms with Crippen LogP contribution in [-0.4, -0.2) is 57.8 Å². The molecule has 1 amide bonds. The number of rotatable bonds is 4. The molecule has 2 saturated heterocycles. The van der Waals surface area contributed by atoms with Gasteiger partial charge in [0.15, 0.2) is 11.5 Å². The molecule has 156 valence electrons. The van der Waals surface area contributed by atoms with Gasteiger partial charge in [-0.05, 0) is 63.0 Å². The van der Waals surface area contributed by atoms with Crippen LogP contribution in [0.25, 0.3) is 0 Å². The summed E-state index contributed by atoms with van der Waals surface area (Å²) in [7, 11) is 0. The number of carbonyl (C=O) groups excluding carboxylic acids is 2. The molecule has 1 unspecified atom stereocenters. The number of aromatic nitrogens is 3. The van der Waals surface area contributed by atoms with Crippen LogP contribution in [0.5, 0.6) is 0 Å². The van der Waals surface area contributed by atoms with Crippen LogP contribution in [0.3, 0.4) is 0 Å². The molecule has 1 N–H and O–H groups in total. The van der Waals surface area contributed by atoms with Gasteiger partial charge in [-0.25, -0.2) is 9.07 Å². The minimum absolute atomic E-state index is 0. The maximum Gasteiger partial charge on any atom is 0.276 e. The Morgan fingerprint density at radius 3 is 2.55 bits per heavy atom. The van der Waals surface area contributed by atoms with Crippen molar-refractivity contribution in [1.29, 1.82) is 0 Å². The lowest BCUT2D eigenvalue weighted by Crippen LogP contribution is -2.42. The van der Waals surface area contributed by atoms with E-state index >= 15 is 0 Å². The van der Waals surface area contributed by atoms with Crippen molar-refractivity contribution in [3.8, 4) is 0 Å².